The molecule has 216 valence electrons. The van der Waals surface area contributed by atoms with Crippen LogP contribution in [0.5, 0.6) is 11.5 Å². The summed E-state index contributed by atoms with van der Waals surface area (Å²) >= 11 is 0. The summed E-state index contributed by atoms with van der Waals surface area (Å²) in [5, 5.41) is 0. The van der Waals surface area contributed by atoms with Crippen molar-refractivity contribution in [2.45, 2.75) is 95.2 Å². The van der Waals surface area contributed by atoms with Crippen molar-refractivity contribution in [3.8, 4) is 11.5 Å². The van der Waals surface area contributed by atoms with Gasteiger partial charge >= 0.3 is 0 Å². The molecule has 3 heterocycles. The molecule has 2 saturated heterocycles. The largest absolute Gasteiger partial charge is 0.485 e. The molecule has 0 N–H and O–H groups in total. The summed E-state index contributed by atoms with van der Waals surface area (Å²) < 4.78 is 27.4. The van der Waals surface area contributed by atoms with Crippen LogP contribution in [0.15, 0.2) is 54.6 Å². The fraction of sp³-hybridized carbons (Fsp3) is 0.611. The predicted octanol–water partition coefficient (Wildman–Crippen LogP) is 6.43. The number of hydrogen-bond acceptors (Lipinski definition) is 5. The van der Waals surface area contributed by atoms with E-state index in [4.69, 9.17) is 18.9 Å². The van der Waals surface area contributed by atoms with Crippen LogP contribution in [-0.2, 0) is 27.9 Å². The molecule has 5 heteroatoms. The van der Waals surface area contributed by atoms with Crippen LogP contribution in [0.3, 0.4) is 0 Å². The Morgan fingerprint density at radius 2 is 1.85 bits per heavy atom. The third kappa shape index (κ3) is 2.99. The van der Waals surface area contributed by atoms with Gasteiger partial charge in [-0.05, 0) is 74.1 Å². The summed E-state index contributed by atoms with van der Waals surface area (Å²) in [5.74, 6) is 2.94. The maximum atomic E-state index is 7.35. The minimum absolute atomic E-state index is 0.00982. The predicted molar refractivity (Wildman–Crippen MR) is 157 cm³/mol. The van der Waals surface area contributed by atoms with Gasteiger partial charge in [-0.15, -0.1) is 0 Å². The van der Waals surface area contributed by atoms with Gasteiger partial charge in [-0.2, -0.15) is 0 Å². The Bertz CT molecular complexity index is 1440. The topological polar surface area (TPSA) is 40.2 Å². The lowest BCUT2D eigenvalue weighted by atomic mass is 9.35. The van der Waals surface area contributed by atoms with Gasteiger partial charge in [0.1, 0.15) is 25.1 Å². The lowest BCUT2D eigenvalue weighted by molar-refractivity contribution is -0.356. The quantitative estimate of drug-likeness (QED) is 0.399. The van der Waals surface area contributed by atoms with Crippen molar-refractivity contribution in [2.24, 2.45) is 22.7 Å². The third-order valence-electron chi connectivity index (χ3n) is 12.8. The lowest BCUT2D eigenvalue weighted by Gasteiger charge is -2.74. The zero-order valence-corrected chi connectivity index (χ0v) is 24.9. The van der Waals surface area contributed by atoms with Crippen molar-refractivity contribution in [1.82, 2.24) is 4.90 Å². The molecular weight excluding hydrogens is 510 g/mol. The molecule has 7 atom stereocenters. The highest BCUT2D eigenvalue weighted by atomic mass is 16.7. The zero-order chi connectivity index (χ0) is 27.8. The highest BCUT2D eigenvalue weighted by molar-refractivity contribution is 5.65. The first-order chi connectivity index (χ1) is 19.7. The minimum Gasteiger partial charge on any atom is -0.485 e. The molecule has 1 unspecified atom stereocenters. The van der Waals surface area contributed by atoms with Gasteiger partial charge in [0.15, 0.2) is 11.5 Å². The maximum absolute atomic E-state index is 7.35. The van der Waals surface area contributed by atoms with Crippen LogP contribution < -0.4 is 9.47 Å². The molecule has 4 fully saturated rings. The van der Waals surface area contributed by atoms with Crippen LogP contribution in [0.4, 0.5) is 0 Å². The summed E-state index contributed by atoms with van der Waals surface area (Å²) in [5.41, 5.74) is 3.07. The van der Waals surface area contributed by atoms with Gasteiger partial charge in [-0.3, -0.25) is 4.90 Å². The second-order valence-corrected chi connectivity index (χ2v) is 15.3. The van der Waals surface area contributed by atoms with E-state index in [1.54, 1.807) is 0 Å². The van der Waals surface area contributed by atoms with E-state index in [2.05, 4.69) is 87.2 Å². The van der Waals surface area contributed by atoms with Crippen molar-refractivity contribution in [3.63, 3.8) is 0 Å². The molecule has 0 amide bonds. The molecule has 0 aromatic heterocycles. The van der Waals surface area contributed by atoms with Gasteiger partial charge in [0.05, 0.1) is 11.0 Å². The first kappa shape index (κ1) is 25.2. The van der Waals surface area contributed by atoms with Gasteiger partial charge in [-0.1, -0.05) is 69.3 Å². The first-order valence-electron chi connectivity index (χ1n) is 15.9. The average Bonchev–Trinajstić information content (AvgIpc) is 3.70. The van der Waals surface area contributed by atoms with Crippen molar-refractivity contribution < 1.29 is 18.9 Å². The van der Waals surface area contributed by atoms with E-state index < -0.39 is 5.60 Å². The Kier molecular flexibility index (Phi) is 4.90. The van der Waals surface area contributed by atoms with E-state index in [0.717, 1.165) is 43.2 Å². The molecule has 10 rings (SSSR count). The van der Waals surface area contributed by atoms with Crippen molar-refractivity contribution in [3.05, 3.63) is 71.3 Å². The Labute approximate surface area is 244 Å². The summed E-state index contributed by atoms with van der Waals surface area (Å²) in [6.07, 6.45) is 11.0. The Hall–Kier alpha value is -2.34. The van der Waals surface area contributed by atoms with Gasteiger partial charge in [0.2, 0.25) is 0 Å². The first-order valence-corrected chi connectivity index (χ1v) is 15.9. The molecule has 3 spiro atoms. The van der Waals surface area contributed by atoms with Gasteiger partial charge in [0.25, 0.3) is 0 Å². The molecule has 8 aliphatic rings. The second-order valence-electron chi connectivity index (χ2n) is 15.3. The Morgan fingerprint density at radius 3 is 2.63 bits per heavy atom. The summed E-state index contributed by atoms with van der Waals surface area (Å²) in [7, 11) is 0. The average molecular weight is 554 g/mol. The van der Waals surface area contributed by atoms with E-state index in [-0.39, 0.29) is 33.9 Å². The molecular formula is C36H43NO4. The number of likely N-dealkylation sites (tertiary alicyclic amines) is 1. The van der Waals surface area contributed by atoms with Crippen LogP contribution in [0.2, 0.25) is 0 Å². The number of benzene rings is 2. The summed E-state index contributed by atoms with van der Waals surface area (Å²) in [4.78, 5) is 2.88. The highest BCUT2D eigenvalue weighted by Crippen LogP contribution is 2.77. The molecule has 3 aliphatic heterocycles. The second kappa shape index (κ2) is 7.98. The number of rotatable bonds is 5. The number of nitrogens with zero attached hydrogens (tertiary/aromatic N) is 1. The molecule has 0 radical (unpaired) electrons. The number of ether oxygens (including phenoxy) is 4. The van der Waals surface area contributed by atoms with Gasteiger partial charge in [0, 0.05) is 29.5 Å². The highest BCUT2D eigenvalue weighted by Gasteiger charge is 2.82. The van der Waals surface area contributed by atoms with Crippen LogP contribution in [0.1, 0.15) is 70.1 Å². The fourth-order valence-electron chi connectivity index (χ4n) is 10.2. The van der Waals surface area contributed by atoms with E-state index >= 15 is 0 Å². The van der Waals surface area contributed by atoms with E-state index in [1.807, 2.05) is 0 Å². The molecule has 2 aromatic rings. The van der Waals surface area contributed by atoms with Crippen LogP contribution in [-0.4, -0.2) is 48.1 Å². The molecule has 2 aromatic carbocycles. The van der Waals surface area contributed by atoms with Crippen LogP contribution in [0, 0.1) is 22.7 Å². The molecule has 41 heavy (non-hydrogen) atoms. The van der Waals surface area contributed by atoms with Crippen LogP contribution >= 0.6 is 0 Å². The maximum Gasteiger partial charge on any atom is 0.166 e. The molecule has 5 nitrogen and oxygen atoms in total. The van der Waals surface area contributed by atoms with E-state index in [1.165, 1.54) is 36.1 Å². The van der Waals surface area contributed by atoms with Crippen molar-refractivity contribution >= 4 is 0 Å². The zero-order valence-electron chi connectivity index (χ0n) is 24.9. The molecule has 2 saturated carbocycles. The smallest absolute Gasteiger partial charge is 0.166 e. The SMILES string of the molecule is CC(C)(C)[C@@]1(C)OCO[C@]23C=C[C@@]4(CC12)[C@H]1Cc2ccc(OCc5ccccc5)c5c2[C@@]4(CCN1CC1CC1)[C@H]3O5. The molecule has 5 aliphatic carbocycles. The number of hydrogen-bond donors (Lipinski definition) is 0. The van der Waals surface area contributed by atoms with Crippen molar-refractivity contribution in [1.29, 1.82) is 0 Å². The van der Waals surface area contributed by atoms with Gasteiger partial charge in [-0.25, -0.2) is 0 Å². The third-order valence-corrected chi connectivity index (χ3v) is 12.8. The summed E-state index contributed by atoms with van der Waals surface area (Å²) in [6.45, 7) is 12.6. The molecule has 4 bridgehead atoms. The Morgan fingerprint density at radius 1 is 1.02 bits per heavy atom. The van der Waals surface area contributed by atoms with Gasteiger partial charge < -0.3 is 18.9 Å². The normalized spacial score (nSPS) is 41.5. The standard InChI is InChI=1S/C36H43NO4/c1-32(2,3)33(4)27-19-34-14-15-36(27,40-22-39-33)31-35(34)16-17-37(20-23-10-11-23)28(34)18-25-12-13-26(30(41-31)29(25)35)38-21-24-8-6-5-7-9-24/h5-9,12-15,23,27-28,31H,10-11,16-22H2,1-4H3/t27?,28-,31-,33+,34-,35+,36-/m1/s1. The van der Waals surface area contributed by atoms with Crippen LogP contribution in [0.25, 0.3) is 0 Å². The summed E-state index contributed by atoms with van der Waals surface area (Å²) in [6, 6.07) is 15.5. The minimum atomic E-state index is -0.518. The number of piperidine rings is 1. The van der Waals surface area contributed by atoms with E-state index in [0.29, 0.717) is 19.4 Å². The fourth-order valence-corrected chi connectivity index (χ4v) is 10.2. The van der Waals surface area contributed by atoms with Crippen molar-refractivity contribution in [2.75, 3.05) is 19.9 Å². The van der Waals surface area contributed by atoms with E-state index in [9.17, 15) is 0 Å². The monoisotopic (exact) mass is 553 g/mol. The lowest BCUT2D eigenvalue weighted by Crippen LogP contribution is -2.83. The Balaban J connectivity index is 1.22.